The second kappa shape index (κ2) is 6.45. The first-order valence-electron chi connectivity index (χ1n) is 7.07. The van der Waals surface area contributed by atoms with Crippen LogP contribution in [0.4, 0.5) is 4.39 Å². The van der Waals surface area contributed by atoms with Gasteiger partial charge in [0.2, 0.25) is 10.0 Å². The van der Waals surface area contributed by atoms with Gasteiger partial charge in [0.05, 0.1) is 0 Å². The zero-order chi connectivity index (χ0) is 15.6. The van der Waals surface area contributed by atoms with Crippen molar-refractivity contribution in [2.24, 2.45) is 0 Å². The minimum absolute atomic E-state index is 0.235. The molecule has 22 heavy (non-hydrogen) atoms. The van der Waals surface area contributed by atoms with Crippen molar-refractivity contribution >= 4 is 21.4 Å². The van der Waals surface area contributed by atoms with E-state index in [4.69, 9.17) is 0 Å². The van der Waals surface area contributed by atoms with Crippen molar-refractivity contribution in [3.8, 4) is 0 Å². The normalized spacial score (nSPS) is 17.7. The van der Waals surface area contributed by atoms with Crippen LogP contribution in [0.25, 0.3) is 0 Å². The van der Waals surface area contributed by atoms with Crippen molar-refractivity contribution in [3.63, 3.8) is 0 Å². The second-order valence-electron chi connectivity index (χ2n) is 5.19. The average Bonchev–Trinajstić information content (AvgIpc) is 3.01. The lowest BCUT2D eigenvalue weighted by atomic mass is 10.3. The number of hydrogen-bond donors (Lipinski definition) is 0. The highest BCUT2D eigenvalue weighted by molar-refractivity contribution is 7.89. The lowest BCUT2D eigenvalue weighted by molar-refractivity contribution is 0.182. The molecular formula is C15H17FN2O2S2. The van der Waals surface area contributed by atoms with Crippen molar-refractivity contribution in [1.29, 1.82) is 0 Å². The van der Waals surface area contributed by atoms with E-state index < -0.39 is 15.8 Å². The lowest BCUT2D eigenvalue weighted by Crippen LogP contribution is -2.48. The Hall–Kier alpha value is -1.28. The van der Waals surface area contributed by atoms with Gasteiger partial charge in [-0.15, -0.1) is 11.3 Å². The van der Waals surface area contributed by atoms with Gasteiger partial charge in [-0.2, -0.15) is 4.31 Å². The first-order chi connectivity index (χ1) is 10.6. The van der Waals surface area contributed by atoms with Crippen molar-refractivity contribution in [3.05, 3.63) is 52.5 Å². The molecule has 1 aromatic carbocycles. The summed E-state index contributed by atoms with van der Waals surface area (Å²) in [4.78, 5) is 3.26. The van der Waals surface area contributed by atoms with Gasteiger partial charge < -0.3 is 0 Å². The van der Waals surface area contributed by atoms with Crippen LogP contribution in [0.15, 0.2) is 46.7 Å². The molecule has 2 heterocycles. The van der Waals surface area contributed by atoms with Crippen molar-refractivity contribution < 1.29 is 12.8 Å². The molecule has 0 spiro atoms. The Labute approximate surface area is 133 Å². The third-order valence-electron chi connectivity index (χ3n) is 3.75. The molecule has 0 aliphatic carbocycles. The standard InChI is InChI=1S/C15H17FN2O2S2/c16-14-5-1-2-6-15(14)22(19,20)18-9-7-17(8-10-18)12-13-4-3-11-21-13/h1-6,11H,7-10,12H2. The molecule has 1 saturated heterocycles. The van der Waals surface area contributed by atoms with E-state index in [1.165, 1.54) is 27.4 Å². The van der Waals surface area contributed by atoms with Gasteiger partial charge in [0.1, 0.15) is 10.7 Å². The van der Waals surface area contributed by atoms with Crippen LogP contribution in [-0.2, 0) is 16.6 Å². The van der Waals surface area contributed by atoms with Crippen LogP contribution < -0.4 is 0 Å². The summed E-state index contributed by atoms with van der Waals surface area (Å²) in [6, 6.07) is 9.63. The Morgan fingerprint density at radius 2 is 1.77 bits per heavy atom. The van der Waals surface area contributed by atoms with E-state index in [2.05, 4.69) is 11.0 Å². The predicted molar refractivity (Wildman–Crippen MR) is 84.8 cm³/mol. The number of thiophene rings is 1. The number of halogens is 1. The van der Waals surface area contributed by atoms with Gasteiger partial charge in [-0.05, 0) is 23.6 Å². The molecule has 1 fully saturated rings. The summed E-state index contributed by atoms with van der Waals surface area (Å²) in [6.45, 7) is 2.94. The van der Waals surface area contributed by atoms with E-state index in [0.29, 0.717) is 26.2 Å². The molecule has 1 aliphatic rings. The van der Waals surface area contributed by atoms with E-state index in [1.54, 1.807) is 17.4 Å². The molecule has 1 aliphatic heterocycles. The number of nitrogens with zero attached hydrogens (tertiary/aromatic N) is 2. The first-order valence-corrected chi connectivity index (χ1v) is 9.39. The Bertz CT molecular complexity index is 724. The molecule has 1 aromatic heterocycles. The van der Waals surface area contributed by atoms with Crippen LogP contribution in [0.5, 0.6) is 0 Å². The van der Waals surface area contributed by atoms with Crippen molar-refractivity contribution in [1.82, 2.24) is 9.21 Å². The van der Waals surface area contributed by atoms with Crippen LogP contribution in [0.3, 0.4) is 0 Å². The van der Waals surface area contributed by atoms with Crippen LogP contribution in [-0.4, -0.2) is 43.8 Å². The van der Waals surface area contributed by atoms with Gasteiger partial charge in [-0.3, -0.25) is 4.90 Å². The Morgan fingerprint density at radius 1 is 1.05 bits per heavy atom. The van der Waals surface area contributed by atoms with E-state index in [9.17, 15) is 12.8 Å². The third-order valence-corrected chi connectivity index (χ3v) is 6.54. The van der Waals surface area contributed by atoms with Gasteiger partial charge in [0.15, 0.2) is 0 Å². The average molecular weight is 340 g/mol. The molecule has 0 radical (unpaired) electrons. The molecule has 4 nitrogen and oxygen atoms in total. The summed E-state index contributed by atoms with van der Waals surface area (Å²) in [6.07, 6.45) is 0. The molecule has 0 unspecified atom stereocenters. The summed E-state index contributed by atoms with van der Waals surface area (Å²) in [5, 5.41) is 2.04. The maximum Gasteiger partial charge on any atom is 0.246 e. The molecule has 0 N–H and O–H groups in total. The van der Waals surface area contributed by atoms with Crippen LogP contribution in [0, 0.1) is 5.82 Å². The number of benzene rings is 1. The SMILES string of the molecule is O=S(=O)(c1ccccc1F)N1CCN(Cc2cccs2)CC1. The molecular weight excluding hydrogens is 323 g/mol. The monoisotopic (exact) mass is 340 g/mol. The summed E-state index contributed by atoms with van der Waals surface area (Å²) in [5.74, 6) is -0.691. The maximum absolute atomic E-state index is 13.8. The molecule has 2 aromatic rings. The quantitative estimate of drug-likeness (QED) is 0.858. The highest BCUT2D eigenvalue weighted by atomic mass is 32.2. The zero-order valence-electron chi connectivity index (χ0n) is 12.0. The Balaban J connectivity index is 1.67. The first kappa shape index (κ1) is 15.6. The van der Waals surface area contributed by atoms with Crippen molar-refractivity contribution in [2.45, 2.75) is 11.4 Å². The van der Waals surface area contributed by atoms with E-state index in [-0.39, 0.29) is 4.90 Å². The third kappa shape index (κ3) is 3.22. The molecule has 0 bridgehead atoms. The topological polar surface area (TPSA) is 40.6 Å². The number of hydrogen-bond acceptors (Lipinski definition) is 4. The molecule has 3 rings (SSSR count). The van der Waals surface area contributed by atoms with Gasteiger partial charge in [-0.25, -0.2) is 12.8 Å². The summed E-state index contributed by atoms with van der Waals surface area (Å²) in [7, 11) is -3.74. The molecule has 0 saturated carbocycles. The molecule has 0 atom stereocenters. The lowest BCUT2D eigenvalue weighted by Gasteiger charge is -2.33. The minimum Gasteiger partial charge on any atom is -0.296 e. The number of rotatable bonds is 4. The number of piperazine rings is 1. The van der Waals surface area contributed by atoms with E-state index in [0.717, 1.165) is 6.54 Å². The highest BCUT2D eigenvalue weighted by Crippen LogP contribution is 2.21. The smallest absolute Gasteiger partial charge is 0.246 e. The van der Waals surface area contributed by atoms with Crippen LogP contribution in [0.2, 0.25) is 0 Å². The van der Waals surface area contributed by atoms with Crippen LogP contribution in [0.1, 0.15) is 4.88 Å². The fourth-order valence-electron chi connectivity index (χ4n) is 2.54. The Kier molecular flexibility index (Phi) is 4.58. The fraction of sp³-hybridized carbons (Fsp3) is 0.333. The number of sulfonamides is 1. The summed E-state index contributed by atoms with van der Waals surface area (Å²) >= 11 is 1.70. The maximum atomic E-state index is 13.8. The van der Waals surface area contributed by atoms with Crippen LogP contribution >= 0.6 is 11.3 Å². The second-order valence-corrected chi connectivity index (χ2v) is 8.13. The Morgan fingerprint density at radius 3 is 2.41 bits per heavy atom. The molecule has 7 heteroatoms. The van der Waals surface area contributed by atoms with E-state index >= 15 is 0 Å². The largest absolute Gasteiger partial charge is 0.296 e. The summed E-state index contributed by atoms with van der Waals surface area (Å²) in [5.41, 5.74) is 0. The molecule has 0 amide bonds. The zero-order valence-corrected chi connectivity index (χ0v) is 13.6. The minimum atomic E-state index is -3.74. The van der Waals surface area contributed by atoms with E-state index in [1.807, 2.05) is 11.4 Å². The van der Waals surface area contributed by atoms with Gasteiger partial charge in [0.25, 0.3) is 0 Å². The summed E-state index contributed by atoms with van der Waals surface area (Å²) < 4.78 is 40.1. The van der Waals surface area contributed by atoms with Crippen molar-refractivity contribution in [2.75, 3.05) is 26.2 Å². The molecule has 118 valence electrons. The predicted octanol–water partition coefficient (Wildman–Crippen LogP) is 2.39. The van der Waals surface area contributed by atoms with Gasteiger partial charge in [-0.1, -0.05) is 18.2 Å². The van der Waals surface area contributed by atoms with Gasteiger partial charge >= 0.3 is 0 Å². The van der Waals surface area contributed by atoms with Gasteiger partial charge in [0, 0.05) is 37.6 Å². The highest BCUT2D eigenvalue weighted by Gasteiger charge is 2.30. The fourth-order valence-corrected chi connectivity index (χ4v) is 4.78.